The first-order chi connectivity index (χ1) is 9.00. The lowest BCUT2D eigenvalue weighted by molar-refractivity contribution is -0.137. The number of hydrogen-bond acceptors (Lipinski definition) is 5. The summed E-state index contributed by atoms with van der Waals surface area (Å²) < 4.78 is 37.9. The van der Waals surface area contributed by atoms with Crippen molar-refractivity contribution in [2.75, 3.05) is 5.75 Å². The summed E-state index contributed by atoms with van der Waals surface area (Å²) in [6, 6.07) is 2.28. The zero-order valence-corrected chi connectivity index (χ0v) is 11.1. The van der Waals surface area contributed by atoms with Crippen LogP contribution < -0.4 is 0 Å². The third-order valence-electron chi connectivity index (χ3n) is 2.04. The van der Waals surface area contributed by atoms with Gasteiger partial charge in [0, 0.05) is 11.9 Å². The number of nitrogens with zero attached hydrogens (tertiary/aromatic N) is 3. The Morgan fingerprint density at radius 2 is 2.11 bits per heavy atom. The van der Waals surface area contributed by atoms with E-state index in [-0.39, 0.29) is 0 Å². The molecular formula is C11H8F3N3S2. The van der Waals surface area contributed by atoms with Crippen LogP contribution in [0.3, 0.4) is 0 Å². The van der Waals surface area contributed by atoms with Crippen LogP contribution in [0.4, 0.5) is 13.2 Å². The molecule has 0 fully saturated rings. The minimum atomic E-state index is -4.38. The SMILES string of the molecule is C=CCSc1nnc(-c2ccc(C(F)(F)F)cn2)s1. The van der Waals surface area contributed by atoms with Crippen molar-refractivity contribution in [3.05, 3.63) is 36.5 Å². The predicted octanol–water partition coefficient (Wildman–Crippen LogP) is 3.90. The van der Waals surface area contributed by atoms with Crippen molar-refractivity contribution in [1.82, 2.24) is 15.2 Å². The third kappa shape index (κ3) is 3.54. The van der Waals surface area contributed by atoms with E-state index in [9.17, 15) is 13.2 Å². The van der Waals surface area contributed by atoms with Crippen molar-refractivity contribution in [3.63, 3.8) is 0 Å². The maximum Gasteiger partial charge on any atom is 0.417 e. The fourth-order valence-corrected chi connectivity index (χ4v) is 2.78. The monoisotopic (exact) mass is 303 g/mol. The molecule has 2 aromatic heterocycles. The van der Waals surface area contributed by atoms with Crippen molar-refractivity contribution in [3.8, 4) is 10.7 Å². The van der Waals surface area contributed by atoms with E-state index >= 15 is 0 Å². The summed E-state index contributed by atoms with van der Waals surface area (Å²) in [5.74, 6) is 0.703. The lowest BCUT2D eigenvalue weighted by Crippen LogP contribution is -2.05. The average molecular weight is 303 g/mol. The molecule has 0 atom stereocenters. The maximum atomic E-state index is 12.4. The van der Waals surface area contributed by atoms with E-state index in [4.69, 9.17) is 0 Å². The highest BCUT2D eigenvalue weighted by atomic mass is 32.2. The fourth-order valence-electron chi connectivity index (χ4n) is 1.19. The van der Waals surface area contributed by atoms with Gasteiger partial charge in [0.1, 0.15) is 5.69 Å². The molecule has 0 unspecified atom stereocenters. The minimum Gasteiger partial charge on any atom is -0.253 e. The minimum absolute atomic E-state index is 0.385. The molecule has 0 aliphatic heterocycles. The van der Waals surface area contributed by atoms with Crippen molar-refractivity contribution in [2.24, 2.45) is 0 Å². The van der Waals surface area contributed by atoms with Crippen LogP contribution in [0.1, 0.15) is 5.56 Å². The number of rotatable bonds is 4. The summed E-state index contributed by atoms with van der Waals surface area (Å²) in [7, 11) is 0. The second-order valence-corrected chi connectivity index (χ2v) is 5.65. The summed E-state index contributed by atoms with van der Waals surface area (Å²) in [5.41, 5.74) is -0.391. The Bertz CT molecular complexity index is 563. The van der Waals surface area contributed by atoms with Gasteiger partial charge in [0.2, 0.25) is 0 Å². The molecule has 0 radical (unpaired) electrons. The van der Waals surface area contributed by atoms with Gasteiger partial charge >= 0.3 is 6.18 Å². The van der Waals surface area contributed by atoms with Crippen LogP contribution in [0.25, 0.3) is 10.7 Å². The van der Waals surface area contributed by atoms with Crippen LogP contribution >= 0.6 is 23.1 Å². The first kappa shape index (κ1) is 14.0. The lowest BCUT2D eigenvalue weighted by Gasteiger charge is -2.05. The van der Waals surface area contributed by atoms with Crippen molar-refractivity contribution < 1.29 is 13.2 Å². The van der Waals surface area contributed by atoms with E-state index in [1.165, 1.54) is 29.2 Å². The number of thioether (sulfide) groups is 1. The summed E-state index contributed by atoms with van der Waals surface area (Å²) >= 11 is 2.75. The summed E-state index contributed by atoms with van der Waals surface area (Å²) in [5, 5.41) is 8.32. The van der Waals surface area contributed by atoms with Crippen molar-refractivity contribution in [2.45, 2.75) is 10.5 Å². The van der Waals surface area contributed by atoms with Crippen LogP contribution in [0.5, 0.6) is 0 Å². The Balaban J connectivity index is 2.18. The lowest BCUT2D eigenvalue weighted by atomic mass is 10.2. The molecule has 8 heteroatoms. The quantitative estimate of drug-likeness (QED) is 0.634. The van der Waals surface area contributed by atoms with Gasteiger partial charge in [-0.05, 0) is 12.1 Å². The Hall–Kier alpha value is -1.41. The van der Waals surface area contributed by atoms with Crippen LogP contribution in [0.2, 0.25) is 0 Å². The molecule has 0 saturated heterocycles. The van der Waals surface area contributed by atoms with E-state index in [1.807, 2.05) is 0 Å². The standard InChI is InChI=1S/C11H8F3N3S2/c1-2-5-18-10-17-16-9(19-10)8-4-3-7(6-15-8)11(12,13)14/h2-4,6H,1,5H2. The molecule has 2 heterocycles. The molecular weight excluding hydrogens is 295 g/mol. The molecule has 0 aliphatic carbocycles. The first-order valence-electron chi connectivity index (χ1n) is 5.11. The van der Waals surface area contributed by atoms with Gasteiger partial charge in [-0.15, -0.1) is 16.8 Å². The predicted molar refractivity (Wildman–Crippen MR) is 69.1 cm³/mol. The Morgan fingerprint density at radius 3 is 2.68 bits per heavy atom. The maximum absolute atomic E-state index is 12.4. The topological polar surface area (TPSA) is 38.7 Å². The zero-order chi connectivity index (χ0) is 13.9. The molecule has 0 spiro atoms. The fraction of sp³-hybridized carbons (Fsp3) is 0.182. The second kappa shape index (κ2) is 5.70. The van der Waals surface area contributed by atoms with E-state index in [2.05, 4.69) is 21.8 Å². The normalized spacial score (nSPS) is 11.5. The molecule has 0 N–H and O–H groups in total. The Morgan fingerprint density at radius 1 is 1.32 bits per heavy atom. The van der Waals surface area contributed by atoms with E-state index in [0.717, 1.165) is 16.6 Å². The van der Waals surface area contributed by atoms with Crippen molar-refractivity contribution >= 4 is 23.1 Å². The van der Waals surface area contributed by atoms with Crippen LogP contribution in [0.15, 0.2) is 35.3 Å². The largest absolute Gasteiger partial charge is 0.417 e. The molecule has 0 saturated carbocycles. The smallest absolute Gasteiger partial charge is 0.253 e. The van der Waals surface area contributed by atoms with E-state index < -0.39 is 11.7 Å². The van der Waals surface area contributed by atoms with Crippen LogP contribution in [-0.4, -0.2) is 20.9 Å². The van der Waals surface area contributed by atoms with Gasteiger partial charge in [0.25, 0.3) is 0 Å². The number of aromatic nitrogens is 3. The third-order valence-corrected chi connectivity index (χ3v) is 4.12. The van der Waals surface area contributed by atoms with Gasteiger partial charge in [0.15, 0.2) is 9.35 Å². The molecule has 0 bridgehead atoms. The first-order valence-corrected chi connectivity index (χ1v) is 6.91. The number of pyridine rings is 1. The second-order valence-electron chi connectivity index (χ2n) is 3.40. The Labute approximate surface area is 115 Å². The highest BCUT2D eigenvalue weighted by molar-refractivity contribution is 8.01. The van der Waals surface area contributed by atoms with Crippen LogP contribution in [-0.2, 0) is 6.18 Å². The average Bonchev–Trinajstić information content (AvgIpc) is 2.84. The van der Waals surface area contributed by atoms with Gasteiger partial charge < -0.3 is 0 Å². The molecule has 2 rings (SSSR count). The van der Waals surface area contributed by atoms with Gasteiger partial charge in [-0.25, -0.2) is 0 Å². The highest BCUT2D eigenvalue weighted by Gasteiger charge is 2.30. The van der Waals surface area contributed by atoms with E-state index in [1.54, 1.807) is 6.08 Å². The van der Waals surface area contributed by atoms with E-state index in [0.29, 0.717) is 16.5 Å². The highest BCUT2D eigenvalue weighted by Crippen LogP contribution is 2.31. The summed E-state index contributed by atoms with van der Waals surface area (Å²) in [6.07, 6.45) is -1.84. The summed E-state index contributed by atoms with van der Waals surface area (Å²) in [6.45, 7) is 3.59. The zero-order valence-electron chi connectivity index (χ0n) is 9.52. The number of alkyl halides is 3. The molecule has 19 heavy (non-hydrogen) atoms. The van der Waals surface area contributed by atoms with Gasteiger partial charge in [-0.3, -0.25) is 4.98 Å². The Kier molecular flexibility index (Phi) is 4.20. The molecule has 2 aromatic rings. The van der Waals surface area contributed by atoms with Gasteiger partial charge in [0.05, 0.1) is 5.56 Å². The van der Waals surface area contributed by atoms with Crippen molar-refractivity contribution in [1.29, 1.82) is 0 Å². The summed E-state index contributed by atoms with van der Waals surface area (Å²) in [4.78, 5) is 3.77. The number of halogens is 3. The molecule has 0 amide bonds. The van der Waals surface area contributed by atoms with Crippen LogP contribution in [0, 0.1) is 0 Å². The molecule has 3 nitrogen and oxygen atoms in total. The van der Waals surface area contributed by atoms with Gasteiger partial charge in [-0.2, -0.15) is 13.2 Å². The molecule has 100 valence electrons. The number of hydrogen-bond donors (Lipinski definition) is 0. The molecule has 0 aromatic carbocycles. The van der Waals surface area contributed by atoms with Gasteiger partial charge in [-0.1, -0.05) is 29.2 Å². The molecule has 0 aliphatic rings.